The Morgan fingerprint density at radius 1 is 1.42 bits per heavy atom. The largest absolute Gasteiger partial charge is 0.458 e. The number of ether oxygens (including phenoxy) is 1. The van der Waals surface area contributed by atoms with Crippen LogP contribution >= 0.6 is 0 Å². The lowest BCUT2D eigenvalue weighted by atomic mass is 9.92. The molecule has 0 spiro atoms. The molecule has 0 aromatic rings. The fourth-order valence-electron chi connectivity index (χ4n) is 2.24. The third kappa shape index (κ3) is 4.23. The smallest absolute Gasteiger partial charge is 0.334 e. The highest BCUT2D eigenvalue weighted by Gasteiger charge is 2.42. The van der Waals surface area contributed by atoms with Gasteiger partial charge in [-0.25, -0.2) is 4.79 Å². The number of rotatable bonds is 8. The second-order valence-corrected chi connectivity index (χ2v) is 4.83. The van der Waals surface area contributed by atoms with Crippen LogP contribution in [0.3, 0.4) is 0 Å². The summed E-state index contributed by atoms with van der Waals surface area (Å²) < 4.78 is 5.24. The molecule has 1 rings (SSSR count). The second kappa shape index (κ2) is 7.77. The van der Waals surface area contributed by atoms with Crippen molar-refractivity contribution in [3.8, 4) is 0 Å². The van der Waals surface area contributed by atoms with Crippen molar-refractivity contribution in [1.82, 2.24) is 5.32 Å². The van der Waals surface area contributed by atoms with Crippen LogP contribution in [0.2, 0.25) is 0 Å². The first-order valence-corrected chi connectivity index (χ1v) is 6.90. The zero-order valence-electron chi connectivity index (χ0n) is 11.6. The van der Waals surface area contributed by atoms with E-state index in [1.54, 1.807) is 6.08 Å². The van der Waals surface area contributed by atoms with Gasteiger partial charge in [-0.3, -0.25) is 4.79 Å². The Morgan fingerprint density at radius 3 is 2.79 bits per heavy atom. The standard InChI is InChI=1S/C15H23NO3/c1-4-6-7-8-9-12-13(11(3)15(18)19-12)14(17)16-10-5-2/h5,12-13H,2-4,6-10H2,1H3,(H,16,17)/t12-,13?/m0/s1. The first kappa shape index (κ1) is 15.5. The lowest BCUT2D eigenvalue weighted by Crippen LogP contribution is -2.36. The topological polar surface area (TPSA) is 55.4 Å². The maximum atomic E-state index is 12.0. The van der Waals surface area contributed by atoms with Crippen LogP contribution in [0.5, 0.6) is 0 Å². The minimum Gasteiger partial charge on any atom is -0.458 e. The number of hydrogen-bond acceptors (Lipinski definition) is 3. The van der Waals surface area contributed by atoms with Crippen molar-refractivity contribution >= 4 is 11.9 Å². The van der Waals surface area contributed by atoms with E-state index in [0.717, 1.165) is 32.1 Å². The van der Waals surface area contributed by atoms with Crippen molar-refractivity contribution in [2.45, 2.75) is 45.1 Å². The SMILES string of the molecule is C=CCNC(=O)C1C(=C)C(=O)O[C@H]1CCCCCC. The van der Waals surface area contributed by atoms with Crippen LogP contribution in [0.1, 0.15) is 39.0 Å². The van der Waals surface area contributed by atoms with Gasteiger partial charge in [0.2, 0.25) is 5.91 Å². The number of cyclic esters (lactones) is 1. The number of carbonyl (C=O) groups is 2. The summed E-state index contributed by atoms with van der Waals surface area (Å²) in [5, 5.41) is 2.71. The summed E-state index contributed by atoms with van der Waals surface area (Å²) in [6.07, 6.45) is 6.34. The zero-order valence-corrected chi connectivity index (χ0v) is 11.6. The van der Waals surface area contributed by atoms with E-state index < -0.39 is 11.9 Å². The average Bonchev–Trinajstić information content (AvgIpc) is 2.67. The molecule has 0 bridgehead atoms. The Bertz CT molecular complexity index is 362. The molecule has 0 saturated carbocycles. The molecule has 1 N–H and O–H groups in total. The van der Waals surface area contributed by atoms with Gasteiger partial charge in [0.25, 0.3) is 0 Å². The van der Waals surface area contributed by atoms with Gasteiger partial charge >= 0.3 is 5.97 Å². The molecule has 0 aromatic carbocycles. The molecule has 1 unspecified atom stereocenters. The highest BCUT2D eigenvalue weighted by atomic mass is 16.6. The molecule has 1 saturated heterocycles. The maximum Gasteiger partial charge on any atom is 0.334 e. The summed E-state index contributed by atoms with van der Waals surface area (Å²) in [7, 11) is 0. The summed E-state index contributed by atoms with van der Waals surface area (Å²) in [5.74, 6) is -1.19. The molecule has 1 aliphatic heterocycles. The molecule has 0 radical (unpaired) electrons. The predicted molar refractivity (Wildman–Crippen MR) is 74.5 cm³/mol. The van der Waals surface area contributed by atoms with Crippen LogP contribution in [0.25, 0.3) is 0 Å². The first-order chi connectivity index (χ1) is 9.11. The van der Waals surface area contributed by atoms with Crippen molar-refractivity contribution in [3.05, 3.63) is 24.8 Å². The van der Waals surface area contributed by atoms with Gasteiger partial charge in [-0.1, -0.05) is 38.8 Å². The van der Waals surface area contributed by atoms with Crippen molar-refractivity contribution in [1.29, 1.82) is 0 Å². The lowest BCUT2D eigenvalue weighted by Gasteiger charge is -2.16. The lowest BCUT2D eigenvalue weighted by molar-refractivity contribution is -0.140. The Hall–Kier alpha value is -1.58. The average molecular weight is 265 g/mol. The number of unbranched alkanes of at least 4 members (excludes halogenated alkanes) is 3. The van der Waals surface area contributed by atoms with Gasteiger partial charge in [0.1, 0.15) is 12.0 Å². The molecular formula is C15H23NO3. The van der Waals surface area contributed by atoms with Crippen LogP contribution in [0, 0.1) is 5.92 Å². The molecule has 1 fully saturated rings. The highest BCUT2D eigenvalue weighted by molar-refractivity contribution is 5.99. The molecule has 4 heteroatoms. The molecule has 106 valence electrons. The summed E-state index contributed by atoms with van der Waals surface area (Å²) in [4.78, 5) is 23.5. The van der Waals surface area contributed by atoms with Crippen molar-refractivity contribution in [2.75, 3.05) is 6.54 Å². The summed E-state index contributed by atoms with van der Waals surface area (Å²) >= 11 is 0. The molecule has 0 aliphatic carbocycles. The first-order valence-electron chi connectivity index (χ1n) is 6.90. The van der Waals surface area contributed by atoms with Crippen LogP contribution < -0.4 is 5.32 Å². The quantitative estimate of drug-likeness (QED) is 0.317. The zero-order chi connectivity index (χ0) is 14.3. The number of carbonyl (C=O) groups excluding carboxylic acids is 2. The van der Waals surface area contributed by atoms with Crippen LogP contribution in [-0.2, 0) is 14.3 Å². The number of hydrogen-bond donors (Lipinski definition) is 1. The third-order valence-corrected chi connectivity index (χ3v) is 3.31. The number of esters is 1. The minimum atomic E-state index is -0.547. The predicted octanol–water partition coefficient (Wildman–Crippen LogP) is 2.36. The second-order valence-electron chi connectivity index (χ2n) is 4.83. The van der Waals surface area contributed by atoms with Crippen molar-refractivity contribution in [3.63, 3.8) is 0 Å². The molecule has 1 aliphatic rings. The Kier molecular flexibility index (Phi) is 6.33. The normalized spacial score (nSPS) is 22.2. The van der Waals surface area contributed by atoms with Crippen molar-refractivity contribution < 1.29 is 14.3 Å². The third-order valence-electron chi connectivity index (χ3n) is 3.31. The number of amides is 1. The van der Waals surface area contributed by atoms with E-state index in [2.05, 4.69) is 25.4 Å². The molecule has 1 amide bonds. The van der Waals surface area contributed by atoms with E-state index in [-0.39, 0.29) is 17.6 Å². The molecule has 1 heterocycles. The monoisotopic (exact) mass is 265 g/mol. The molecule has 2 atom stereocenters. The van der Waals surface area contributed by atoms with Gasteiger partial charge in [0, 0.05) is 12.1 Å². The van der Waals surface area contributed by atoms with E-state index in [4.69, 9.17) is 4.74 Å². The Morgan fingerprint density at radius 2 is 2.16 bits per heavy atom. The van der Waals surface area contributed by atoms with Crippen LogP contribution in [0.4, 0.5) is 0 Å². The van der Waals surface area contributed by atoms with E-state index in [9.17, 15) is 9.59 Å². The van der Waals surface area contributed by atoms with Gasteiger partial charge in [0.15, 0.2) is 0 Å². The highest BCUT2D eigenvalue weighted by Crippen LogP contribution is 2.30. The summed E-state index contributed by atoms with van der Waals surface area (Å²) in [6.45, 7) is 9.76. The van der Waals surface area contributed by atoms with Gasteiger partial charge in [-0.05, 0) is 12.8 Å². The van der Waals surface area contributed by atoms with Gasteiger partial charge in [0.05, 0.1) is 0 Å². The molecule has 4 nitrogen and oxygen atoms in total. The van der Waals surface area contributed by atoms with Crippen LogP contribution in [-0.4, -0.2) is 24.5 Å². The van der Waals surface area contributed by atoms with Crippen molar-refractivity contribution in [2.24, 2.45) is 5.92 Å². The summed E-state index contributed by atoms with van der Waals surface area (Å²) in [5.41, 5.74) is 0.266. The summed E-state index contributed by atoms with van der Waals surface area (Å²) in [6, 6.07) is 0. The number of nitrogens with one attached hydrogen (secondary N) is 1. The van der Waals surface area contributed by atoms with Crippen LogP contribution in [0.15, 0.2) is 24.8 Å². The van der Waals surface area contributed by atoms with E-state index in [0.29, 0.717) is 6.54 Å². The maximum absolute atomic E-state index is 12.0. The minimum absolute atomic E-state index is 0.198. The van der Waals surface area contributed by atoms with E-state index in [1.165, 1.54) is 0 Å². The van der Waals surface area contributed by atoms with E-state index in [1.807, 2.05) is 0 Å². The Labute approximate surface area is 114 Å². The molecular weight excluding hydrogens is 242 g/mol. The Balaban J connectivity index is 2.56. The molecule has 19 heavy (non-hydrogen) atoms. The fourth-order valence-corrected chi connectivity index (χ4v) is 2.24. The fraction of sp³-hybridized carbons (Fsp3) is 0.600. The van der Waals surface area contributed by atoms with Gasteiger partial charge in [-0.15, -0.1) is 6.58 Å². The van der Waals surface area contributed by atoms with E-state index >= 15 is 0 Å². The molecule has 0 aromatic heterocycles. The van der Waals surface area contributed by atoms with Gasteiger partial charge < -0.3 is 10.1 Å². The van der Waals surface area contributed by atoms with Gasteiger partial charge in [-0.2, -0.15) is 0 Å².